The number of β-amino-alcohol motifs (C(OH)–C–C–N with tert-alkyl or cyclic N) is 1. The van der Waals surface area contributed by atoms with Crippen molar-refractivity contribution < 1.29 is 9.90 Å². The molecule has 0 saturated carbocycles. The predicted octanol–water partition coefficient (Wildman–Crippen LogP) is 2.34. The number of anilines is 1. The second-order valence-corrected chi connectivity index (χ2v) is 6.17. The Balaban J connectivity index is 2.01. The maximum absolute atomic E-state index is 12.4. The van der Waals surface area contributed by atoms with Crippen LogP contribution in [0.3, 0.4) is 0 Å². The quantitative estimate of drug-likeness (QED) is 0.849. The minimum absolute atomic E-state index is 0.105. The molecular weight excluding hydrogens is 284 g/mol. The summed E-state index contributed by atoms with van der Waals surface area (Å²) in [5, 5.41) is 10.9. The molecule has 1 unspecified atom stereocenters. The van der Waals surface area contributed by atoms with Gasteiger partial charge in [0.15, 0.2) is 0 Å². The maximum atomic E-state index is 12.4. The van der Waals surface area contributed by atoms with E-state index >= 15 is 0 Å². The van der Waals surface area contributed by atoms with E-state index in [1.165, 1.54) is 11.3 Å². The summed E-state index contributed by atoms with van der Waals surface area (Å²) in [6.07, 6.45) is 0.205. The topological polar surface area (TPSA) is 66.6 Å². The van der Waals surface area contributed by atoms with Crippen LogP contribution in [-0.2, 0) is 0 Å². The van der Waals surface area contributed by atoms with E-state index in [0.717, 1.165) is 10.1 Å². The molecular formula is C13H13ClN2O2S. The van der Waals surface area contributed by atoms with Crippen molar-refractivity contribution in [1.82, 2.24) is 4.90 Å². The first-order valence-corrected chi connectivity index (χ1v) is 7.20. The highest BCUT2D eigenvalue weighted by Gasteiger charge is 2.28. The number of aliphatic hydroxyl groups is 1. The van der Waals surface area contributed by atoms with Gasteiger partial charge in [0, 0.05) is 28.2 Å². The summed E-state index contributed by atoms with van der Waals surface area (Å²) in [6.45, 7) is 0.960. The van der Waals surface area contributed by atoms with E-state index in [9.17, 15) is 9.90 Å². The highest BCUT2D eigenvalue weighted by molar-refractivity contribution is 7.21. The van der Waals surface area contributed by atoms with Crippen LogP contribution in [0.5, 0.6) is 0 Å². The molecule has 1 fully saturated rings. The first-order valence-electron chi connectivity index (χ1n) is 6.01. The van der Waals surface area contributed by atoms with Gasteiger partial charge in [0.2, 0.25) is 0 Å². The summed E-state index contributed by atoms with van der Waals surface area (Å²) in [7, 11) is 0. The number of benzene rings is 1. The van der Waals surface area contributed by atoms with Crippen molar-refractivity contribution in [3.05, 3.63) is 28.1 Å². The summed E-state index contributed by atoms with van der Waals surface area (Å²) in [5.74, 6) is -0.105. The third-order valence-electron chi connectivity index (χ3n) is 3.33. The number of carbonyl (C=O) groups is 1. The number of carbonyl (C=O) groups excluding carboxylic acids is 1. The van der Waals surface area contributed by atoms with Crippen molar-refractivity contribution in [2.24, 2.45) is 0 Å². The van der Waals surface area contributed by atoms with Gasteiger partial charge >= 0.3 is 0 Å². The number of hydrogen-bond acceptors (Lipinski definition) is 4. The second-order valence-electron chi connectivity index (χ2n) is 4.68. The minimum Gasteiger partial charge on any atom is -0.397 e. The van der Waals surface area contributed by atoms with E-state index in [2.05, 4.69) is 0 Å². The monoisotopic (exact) mass is 296 g/mol. The van der Waals surface area contributed by atoms with Gasteiger partial charge < -0.3 is 15.7 Å². The maximum Gasteiger partial charge on any atom is 0.266 e. The van der Waals surface area contributed by atoms with Crippen molar-refractivity contribution in [1.29, 1.82) is 0 Å². The molecule has 1 atom stereocenters. The molecule has 3 N–H and O–H groups in total. The zero-order chi connectivity index (χ0) is 13.6. The van der Waals surface area contributed by atoms with Gasteiger partial charge in [-0.3, -0.25) is 4.79 Å². The van der Waals surface area contributed by atoms with Crippen molar-refractivity contribution in [3.8, 4) is 0 Å². The summed E-state index contributed by atoms with van der Waals surface area (Å²) < 4.78 is 0.949. The number of aliphatic hydroxyl groups excluding tert-OH is 1. The highest BCUT2D eigenvalue weighted by Crippen LogP contribution is 2.36. The Kier molecular flexibility index (Phi) is 3.12. The lowest BCUT2D eigenvalue weighted by Crippen LogP contribution is -2.29. The lowest BCUT2D eigenvalue weighted by atomic mass is 10.2. The van der Waals surface area contributed by atoms with E-state index in [0.29, 0.717) is 35.1 Å². The molecule has 0 radical (unpaired) electrons. The number of hydrogen-bond donors (Lipinski definition) is 2. The Morgan fingerprint density at radius 1 is 1.53 bits per heavy atom. The van der Waals surface area contributed by atoms with Crippen LogP contribution >= 0.6 is 22.9 Å². The molecule has 1 aromatic heterocycles. The molecule has 19 heavy (non-hydrogen) atoms. The van der Waals surface area contributed by atoms with Crippen molar-refractivity contribution in [2.75, 3.05) is 18.8 Å². The number of nitrogens with zero attached hydrogens (tertiary/aromatic N) is 1. The van der Waals surface area contributed by atoms with Crippen LogP contribution < -0.4 is 5.73 Å². The average Bonchev–Trinajstić information content (AvgIpc) is 2.94. The largest absolute Gasteiger partial charge is 0.397 e. The fraction of sp³-hybridized carbons (Fsp3) is 0.308. The smallest absolute Gasteiger partial charge is 0.266 e. The Morgan fingerprint density at radius 3 is 3.00 bits per heavy atom. The molecule has 4 nitrogen and oxygen atoms in total. The molecule has 6 heteroatoms. The van der Waals surface area contributed by atoms with E-state index in [4.69, 9.17) is 17.3 Å². The van der Waals surface area contributed by atoms with E-state index in [1.54, 1.807) is 17.0 Å². The van der Waals surface area contributed by atoms with E-state index in [1.807, 2.05) is 6.07 Å². The first-order chi connectivity index (χ1) is 9.06. The molecule has 1 aliphatic heterocycles. The van der Waals surface area contributed by atoms with Gasteiger partial charge in [0.05, 0.1) is 11.8 Å². The van der Waals surface area contributed by atoms with Gasteiger partial charge in [0.25, 0.3) is 5.91 Å². The van der Waals surface area contributed by atoms with Gasteiger partial charge in [0.1, 0.15) is 4.88 Å². The molecule has 2 heterocycles. The van der Waals surface area contributed by atoms with E-state index < -0.39 is 6.10 Å². The van der Waals surface area contributed by atoms with Gasteiger partial charge in [-0.1, -0.05) is 11.6 Å². The van der Waals surface area contributed by atoms with Crippen LogP contribution in [0.25, 0.3) is 10.1 Å². The number of rotatable bonds is 1. The number of nitrogens with two attached hydrogens (primary N) is 1. The summed E-state index contributed by atoms with van der Waals surface area (Å²) >= 11 is 7.32. The third kappa shape index (κ3) is 2.18. The van der Waals surface area contributed by atoms with Crippen LogP contribution in [0.15, 0.2) is 18.2 Å². The summed E-state index contributed by atoms with van der Waals surface area (Å²) in [4.78, 5) is 14.6. The Bertz CT molecular complexity index is 655. The lowest BCUT2D eigenvalue weighted by molar-refractivity contribution is 0.0770. The van der Waals surface area contributed by atoms with Crippen LogP contribution in [0.4, 0.5) is 5.69 Å². The second kappa shape index (κ2) is 4.67. The van der Waals surface area contributed by atoms with Crippen LogP contribution in [0.2, 0.25) is 5.02 Å². The number of likely N-dealkylation sites (tertiary alicyclic amines) is 1. The van der Waals surface area contributed by atoms with Gasteiger partial charge in [-0.25, -0.2) is 0 Å². The van der Waals surface area contributed by atoms with Gasteiger partial charge in [-0.05, 0) is 24.6 Å². The zero-order valence-corrected chi connectivity index (χ0v) is 11.7. The fourth-order valence-corrected chi connectivity index (χ4v) is 3.56. The molecule has 2 aromatic rings. The number of fused-ring (bicyclic) bond motifs is 1. The van der Waals surface area contributed by atoms with Crippen LogP contribution in [-0.4, -0.2) is 35.1 Å². The van der Waals surface area contributed by atoms with Crippen LogP contribution in [0, 0.1) is 0 Å². The van der Waals surface area contributed by atoms with Gasteiger partial charge in [-0.15, -0.1) is 11.3 Å². The van der Waals surface area contributed by atoms with Gasteiger partial charge in [-0.2, -0.15) is 0 Å². The molecule has 0 bridgehead atoms. The number of amides is 1. The molecule has 3 rings (SSSR count). The zero-order valence-electron chi connectivity index (χ0n) is 10.1. The third-order valence-corrected chi connectivity index (χ3v) is 4.74. The number of nitrogen functional groups attached to an aromatic ring is 1. The van der Waals surface area contributed by atoms with E-state index in [-0.39, 0.29) is 5.91 Å². The lowest BCUT2D eigenvalue weighted by Gasteiger charge is -2.14. The molecule has 1 amide bonds. The Morgan fingerprint density at radius 2 is 2.32 bits per heavy atom. The minimum atomic E-state index is -0.422. The highest BCUT2D eigenvalue weighted by atomic mass is 35.5. The van der Waals surface area contributed by atoms with Crippen molar-refractivity contribution in [2.45, 2.75) is 12.5 Å². The number of thiophene rings is 1. The molecule has 1 saturated heterocycles. The van der Waals surface area contributed by atoms with Crippen molar-refractivity contribution in [3.63, 3.8) is 0 Å². The Hall–Kier alpha value is -1.30. The molecule has 0 aliphatic carbocycles. The summed E-state index contributed by atoms with van der Waals surface area (Å²) in [6, 6.07) is 5.43. The summed E-state index contributed by atoms with van der Waals surface area (Å²) in [5.41, 5.74) is 6.53. The van der Waals surface area contributed by atoms with Crippen LogP contribution in [0.1, 0.15) is 16.1 Å². The SMILES string of the molecule is Nc1c(C(=O)N2CCC(O)C2)sc2ccc(Cl)cc12. The van der Waals surface area contributed by atoms with Crippen molar-refractivity contribution >= 4 is 44.6 Å². The Labute approximate surface area is 119 Å². The molecule has 1 aromatic carbocycles. The number of halogens is 1. The molecule has 1 aliphatic rings. The molecule has 0 spiro atoms. The fourth-order valence-electron chi connectivity index (χ4n) is 2.32. The molecule has 100 valence electrons. The average molecular weight is 297 g/mol. The predicted molar refractivity (Wildman–Crippen MR) is 77.8 cm³/mol. The normalized spacial score (nSPS) is 19.3. The standard InChI is InChI=1S/C13H13ClN2O2S/c14-7-1-2-10-9(5-7)11(15)12(19-10)13(18)16-4-3-8(17)6-16/h1-2,5,8,17H,3-4,6,15H2. The first kappa shape index (κ1) is 12.7.